The molecule has 0 bridgehead atoms. The fourth-order valence-electron chi connectivity index (χ4n) is 3.16. The SMILES string of the molecule is COc1cc(C=CCN2CC=C(c3ccccc3)CC2)ccc1OC(C)=O. The molecule has 0 spiro atoms. The summed E-state index contributed by atoms with van der Waals surface area (Å²) < 4.78 is 10.4. The predicted molar refractivity (Wildman–Crippen MR) is 109 cm³/mol. The molecule has 0 radical (unpaired) electrons. The van der Waals surface area contributed by atoms with E-state index in [1.165, 1.54) is 18.1 Å². The fraction of sp³-hybridized carbons (Fsp3) is 0.261. The molecule has 1 aliphatic heterocycles. The van der Waals surface area contributed by atoms with E-state index in [2.05, 4.69) is 53.5 Å². The van der Waals surface area contributed by atoms with E-state index in [-0.39, 0.29) is 5.97 Å². The van der Waals surface area contributed by atoms with Crippen molar-refractivity contribution in [2.45, 2.75) is 13.3 Å². The average molecular weight is 363 g/mol. The molecule has 3 rings (SSSR count). The van der Waals surface area contributed by atoms with Gasteiger partial charge < -0.3 is 9.47 Å². The molecule has 27 heavy (non-hydrogen) atoms. The Morgan fingerprint density at radius 3 is 2.63 bits per heavy atom. The summed E-state index contributed by atoms with van der Waals surface area (Å²) in [4.78, 5) is 13.5. The Hall–Kier alpha value is -2.85. The Kier molecular flexibility index (Phi) is 6.44. The third kappa shape index (κ3) is 5.31. The number of methoxy groups -OCH3 is 1. The lowest BCUT2D eigenvalue weighted by atomic mass is 10.00. The molecule has 4 heteroatoms. The number of hydrogen-bond acceptors (Lipinski definition) is 4. The second kappa shape index (κ2) is 9.19. The summed E-state index contributed by atoms with van der Waals surface area (Å²) in [6, 6.07) is 16.1. The second-order valence-corrected chi connectivity index (χ2v) is 6.51. The molecular formula is C23H25NO3. The quantitative estimate of drug-likeness (QED) is 0.562. The van der Waals surface area contributed by atoms with Crippen molar-refractivity contribution in [3.8, 4) is 11.5 Å². The Morgan fingerprint density at radius 2 is 1.96 bits per heavy atom. The Morgan fingerprint density at radius 1 is 1.15 bits per heavy atom. The summed E-state index contributed by atoms with van der Waals surface area (Å²) in [6.45, 7) is 4.29. The van der Waals surface area contributed by atoms with E-state index >= 15 is 0 Å². The van der Waals surface area contributed by atoms with Crippen molar-refractivity contribution < 1.29 is 14.3 Å². The Bertz CT molecular complexity index is 840. The predicted octanol–water partition coefficient (Wildman–Crippen LogP) is 4.42. The van der Waals surface area contributed by atoms with Crippen LogP contribution in [0.3, 0.4) is 0 Å². The van der Waals surface area contributed by atoms with Gasteiger partial charge in [-0.25, -0.2) is 0 Å². The van der Waals surface area contributed by atoms with Gasteiger partial charge in [0.05, 0.1) is 7.11 Å². The topological polar surface area (TPSA) is 38.8 Å². The molecule has 0 amide bonds. The Labute approximate surface area is 160 Å². The first kappa shape index (κ1) is 18.9. The highest BCUT2D eigenvalue weighted by atomic mass is 16.6. The van der Waals surface area contributed by atoms with Crippen LogP contribution in [0.1, 0.15) is 24.5 Å². The minimum Gasteiger partial charge on any atom is -0.493 e. The fourth-order valence-corrected chi connectivity index (χ4v) is 3.16. The van der Waals surface area contributed by atoms with Crippen LogP contribution < -0.4 is 9.47 Å². The van der Waals surface area contributed by atoms with Crippen molar-refractivity contribution >= 4 is 17.6 Å². The molecule has 0 unspecified atom stereocenters. The lowest BCUT2D eigenvalue weighted by molar-refractivity contribution is -0.132. The van der Waals surface area contributed by atoms with E-state index in [4.69, 9.17) is 9.47 Å². The first-order valence-corrected chi connectivity index (χ1v) is 9.15. The third-order valence-electron chi connectivity index (χ3n) is 4.55. The van der Waals surface area contributed by atoms with Crippen LogP contribution in [0.4, 0.5) is 0 Å². The van der Waals surface area contributed by atoms with E-state index in [1.807, 2.05) is 12.1 Å². The van der Waals surface area contributed by atoms with Crippen LogP contribution in [0.5, 0.6) is 11.5 Å². The maximum atomic E-state index is 11.1. The van der Waals surface area contributed by atoms with Crippen molar-refractivity contribution in [1.29, 1.82) is 0 Å². The van der Waals surface area contributed by atoms with Gasteiger partial charge in [0, 0.05) is 26.6 Å². The molecular weight excluding hydrogens is 338 g/mol. The molecule has 1 heterocycles. The standard InChI is InChI=1S/C23H25NO3/c1-18(25)27-22-11-10-19(17-23(22)26-2)7-6-14-24-15-12-21(13-16-24)20-8-4-3-5-9-20/h3-12,17H,13-16H2,1-2H3. The van der Waals surface area contributed by atoms with Gasteiger partial charge in [-0.1, -0.05) is 54.6 Å². The third-order valence-corrected chi connectivity index (χ3v) is 4.55. The number of carbonyl (C=O) groups excluding carboxylic acids is 1. The summed E-state index contributed by atoms with van der Waals surface area (Å²) in [5.41, 5.74) is 3.77. The molecule has 2 aromatic carbocycles. The smallest absolute Gasteiger partial charge is 0.308 e. The van der Waals surface area contributed by atoms with Gasteiger partial charge in [-0.2, -0.15) is 0 Å². The van der Waals surface area contributed by atoms with Crippen molar-refractivity contribution in [2.24, 2.45) is 0 Å². The van der Waals surface area contributed by atoms with Crippen molar-refractivity contribution in [3.05, 3.63) is 71.8 Å². The van der Waals surface area contributed by atoms with Crippen molar-refractivity contribution in [2.75, 3.05) is 26.7 Å². The molecule has 140 valence electrons. The number of benzene rings is 2. The van der Waals surface area contributed by atoms with Crippen molar-refractivity contribution in [3.63, 3.8) is 0 Å². The monoisotopic (exact) mass is 363 g/mol. The summed E-state index contributed by atoms with van der Waals surface area (Å²) in [5, 5.41) is 0. The zero-order valence-corrected chi connectivity index (χ0v) is 15.9. The molecule has 0 saturated carbocycles. The highest BCUT2D eigenvalue weighted by Gasteiger charge is 2.11. The van der Waals surface area contributed by atoms with Crippen LogP contribution in [-0.4, -0.2) is 37.6 Å². The van der Waals surface area contributed by atoms with E-state index in [0.717, 1.165) is 31.6 Å². The van der Waals surface area contributed by atoms with Gasteiger partial charge in [0.25, 0.3) is 0 Å². The minimum atomic E-state index is -0.357. The van der Waals surface area contributed by atoms with Gasteiger partial charge >= 0.3 is 5.97 Å². The molecule has 0 fully saturated rings. The van der Waals surface area contributed by atoms with Crippen LogP contribution >= 0.6 is 0 Å². The summed E-state index contributed by atoms with van der Waals surface area (Å²) >= 11 is 0. The molecule has 4 nitrogen and oxygen atoms in total. The lowest BCUT2D eigenvalue weighted by Crippen LogP contribution is -2.28. The van der Waals surface area contributed by atoms with E-state index in [1.54, 1.807) is 13.2 Å². The number of esters is 1. The van der Waals surface area contributed by atoms with Crippen molar-refractivity contribution in [1.82, 2.24) is 4.90 Å². The van der Waals surface area contributed by atoms with Gasteiger partial charge in [-0.05, 0) is 35.3 Å². The zero-order chi connectivity index (χ0) is 19.1. The van der Waals surface area contributed by atoms with Crippen LogP contribution in [0, 0.1) is 0 Å². The van der Waals surface area contributed by atoms with E-state index in [0.29, 0.717) is 11.5 Å². The molecule has 0 aromatic heterocycles. The minimum absolute atomic E-state index is 0.357. The van der Waals surface area contributed by atoms with Crippen LogP contribution in [-0.2, 0) is 4.79 Å². The zero-order valence-electron chi connectivity index (χ0n) is 15.9. The average Bonchev–Trinajstić information content (AvgIpc) is 2.70. The number of rotatable bonds is 6. The molecule has 0 saturated heterocycles. The number of carbonyl (C=O) groups is 1. The number of ether oxygens (including phenoxy) is 2. The Balaban J connectivity index is 1.57. The van der Waals surface area contributed by atoms with E-state index < -0.39 is 0 Å². The normalized spacial score (nSPS) is 14.8. The second-order valence-electron chi connectivity index (χ2n) is 6.51. The molecule has 1 aliphatic rings. The van der Waals surface area contributed by atoms with E-state index in [9.17, 15) is 4.79 Å². The lowest BCUT2D eigenvalue weighted by Gasteiger charge is -2.25. The van der Waals surface area contributed by atoms with Crippen LogP contribution in [0.25, 0.3) is 11.6 Å². The summed E-state index contributed by atoms with van der Waals surface area (Å²) in [7, 11) is 1.57. The van der Waals surface area contributed by atoms with Gasteiger partial charge in [-0.15, -0.1) is 0 Å². The molecule has 2 aromatic rings. The van der Waals surface area contributed by atoms with Crippen LogP contribution in [0.15, 0.2) is 60.7 Å². The van der Waals surface area contributed by atoms with Gasteiger partial charge in [0.2, 0.25) is 0 Å². The summed E-state index contributed by atoms with van der Waals surface area (Å²) in [5.74, 6) is 0.641. The molecule has 0 N–H and O–H groups in total. The molecule has 0 atom stereocenters. The highest BCUT2D eigenvalue weighted by molar-refractivity contribution is 5.71. The van der Waals surface area contributed by atoms with Crippen LogP contribution in [0.2, 0.25) is 0 Å². The largest absolute Gasteiger partial charge is 0.493 e. The highest BCUT2D eigenvalue weighted by Crippen LogP contribution is 2.28. The van der Waals surface area contributed by atoms with Gasteiger partial charge in [0.15, 0.2) is 11.5 Å². The first-order chi connectivity index (χ1) is 13.2. The molecule has 0 aliphatic carbocycles. The summed E-state index contributed by atoms with van der Waals surface area (Å²) in [6.07, 6.45) is 7.62. The first-order valence-electron chi connectivity index (χ1n) is 9.15. The number of hydrogen-bond donors (Lipinski definition) is 0. The van der Waals surface area contributed by atoms with Gasteiger partial charge in [0.1, 0.15) is 0 Å². The maximum absolute atomic E-state index is 11.1. The van der Waals surface area contributed by atoms with Gasteiger partial charge in [-0.3, -0.25) is 9.69 Å². The number of nitrogens with zero attached hydrogens (tertiary/aromatic N) is 1. The maximum Gasteiger partial charge on any atom is 0.308 e.